The third-order valence-corrected chi connectivity index (χ3v) is 2.78. The second kappa shape index (κ2) is 5.55. The molecule has 0 aliphatic carbocycles. The highest BCUT2D eigenvalue weighted by molar-refractivity contribution is 5.97. The zero-order valence-corrected chi connectivity index (χ0v) is 10.1. The molecule has 0 saturated carbocycles. The molecule has 1 amide bonds. The van der Waals surface area contributed by atoms with Crippen LogP contribution in [0.25, 0.3) is 11.0 Å². The number of carbonyl (C=O) groups excluding carboxylic acids is 1. The van der Waals surface area contributed by atoms with Gasteiger partial charge in [-0.15, -0.1) is 0 Å². The molecule has 2 rings (SSSR count). The van der Waals surface area contributed by atoms with E-state index in [0.29, 0.717) is 17.5 Å². The van der Waals surface area contributed by atoms with Crippen molar-refractivity contribution in [3.8, 4) is 0 Å². The highest BCUT2D eigenvalue weighted by Crippen LogP contribution is 2.11. The van der Waals surface area contributed by atoms with Crippen molar-refractivity contribution < 1.29 is 9.90 Å². The lowest BCUT2D eigenvalue weighted by Crippen LogP contribution is -2.36. The molecule has 0 radical (unpaired) electrons. The number of carbonyl (C=O) groups is 1. The number of amides is 1. The van der Waals surface area contributed by atoms with Gasteiger partial charge in [0.2, 0.25) is 0 Å². The van der Waals surface area contributed by atoms with Crippen molar-refractivity contribution in [3.63, 3.8) is 0 Å². The van der Waals surface area contributed by atoms with E-state index >= 15 is 0 Å². The van der Waals surface area contributed by atoms with Gasteiger partial charge in [0.15, 0.2) is 0 Å². The molecule has 18 heavy (non-hydrogen) atoms. The summed E-state index contributed by atoms with van der Waals surface area (Å²) in [5.41, 5.74) is 1.96. The van der Waals surface area contributed by atoms with Gasteiger partial charge in [-0.05, 0) is 24.6 Å². The number of aliphatic hydroxyl groups excluding tert-OH is 1. The number of aliphatic hydroxyl groups is 1. The summed E-state index contributed by atoms with van der Waals surface area (Å²) >= 11 is 0. The van der Waals surface area contributed by atoms with Gasteiger partial charge in [0, 0.05) is 18.0 Å². The molecule has 0 aliphatic rings. The van der Waals surface area contributed by atoms with Gasteiger partial charge in [-0.25, -0.2) is 0 Å². The maximum Gasteiger partial charge on any atom is 0.251 e. The maximum atomic E-state index is 11.9. The van der Waals surface area contributed by atoms with Crippen molar-refractivity contribution in [2.75, 3.05) is 6.61 Å². The molecule has 0 spiro atoms. The lowest BCUT2D eigenvalue weighted by molar-refractivity contribution is 0.0915. The summed E-state index contributed by atoms with van der Waals surface area (Å²) in [6.07, 6.45) is 3.89. The Hall–Kier alpha value is -2.01. The molecular formula is C13H15N3O2. The van der Waals surface area contributed by atoms with E-state index in [1.54, 1.807) is 30.6 Å². The predicted molar refractivity (Wildman–Crippen MR) is 68.2 cm³/mol. The quantitative estimate of drug-likeness (QED) is 0.846. The van der Waals surface area contributed by atoms with E-state index in [0.717, 1.165) is 5.52 Å². The first-order valence-electron chi connectivity index (χ1n) is 5.87. The van der Waals surface area contributed by atoms with Crippen LogP contribution in [0.15, 0.2) is 30.6 Å². The van der Waals surface area contributed by atoms with Gasteiger partial charge in [-0.1, -0.05) is 6.92 Å². The zero-order chi connectivity index (χ0) is 13.0. The topological polar surface area (TPSA) is 75.1 Å². The van der Waals surface area contributed by atoms with Crippen molar-refractivity contribution in [1.29, 1.82) is 0 Å². The van der Waals surface area contributed by atoms with Gasteiger partial charge in [0.25, 0.3) is 5.91 Å². The van der Waals surface area contributed by atoms with Gasteiger partial charge < -0.3 is 10.4 Å². The van der Waals surface area contributed by atoms with Gasteiger partial charge in [-0.2, -0.15) is 0 Å². The van der Waals surface area contributed by atoms with E-state index in [9.17, 15) is 4.79 Å². The monoisotopic (exact) mass is 245 g/mol. The summed E-state index contributed by atoms with van der Waals surface area (Å²) in [7, 11) is 0. The minimum absolute atomic E-state index is 0.0599. The molecule has 1 aromatic heterocycles. The highest BCUT2D eigenvalue weighted by Gasteiger charge is 2.11. The number of nitrogens with zero attached hydrogens (tertiary/aromatic N) is 2. The van der Waals surface area contributed by atoms with Gasteiger partial charge in [0.05, 0.1) is 23.7 Å². The summed E-state index contributed by atoms with van der Waals surface area (Å²) < 4.78 is 0. The van der Waals surface area contributed by atoms with E-state index in [1.165, 1.54) is 0 Å². The first-order valence-corrected chi connectivity index (χ1v) is 5.87. The van der Waals surface area contributed by atoms with Crippen molar-refractivity contribution >= 4 is 16.9 Å². The van der Waals surface area contributed by atoms with Crippen molar-refractivity contribution in [3.05, 3.63) is 36.2 Å². The van der Waals surface area contributed by atoms with Crippen LogP contribution in [0, 0.1) is 0 Å². The Balaban J connectivity index is 2.22. The molecule has 0 bridgehead atoms. The third-order valence-electron chi connectivity index (χ3n) is 2.78. The fourth-order valence-corrected chi connectivity index (χ4v) is 1.65. The van der Waals surface area contributed by atoms with Crippen LogP contribution >= 0.6 is 0 Å². The van der Waals surface area contributed by atoms with E-state index in [4.69, 9.17) is 5.11 Å². The Kier molecular flexibility index (Phi) is 3.84. The van der Waals surface area contributed by atoms with Gasteiger partial charge in [0.1, 0.15) is 0 Å². The fraction of sp³-hybridized carbons (Fsp3) is 0.308. The smallest absolute Gasteiger partial charge is 0.251 e. The van der Waals surface area contributed by atoms with Crippen molar-refractivity contribution in [2.24, 2.45) is 0 Å². The highest BCUT2D eigenvalue weighted by atomic mass is 16.3. The first kappa shape index (κ1) is 12.4. The largest absolute Gasteiger partial charge is 0.394 e. The minimum atomic E-state index is -0.213. The molecule has 5 nitrogen and oxygen atoms in total. The number of fused-ring (bicyclic) bond motifs is 1. The van der Waals surface area contributed by atoms with E-state index in [2.05, 4.69) is 15.3 Å². The van der Waals surface area contributed by atoms with E-state index in [-0.39, 0.29) is 18.6 Å². The first-order chi connectivity index (χ1) is 8.74. The normalized spacial score (nSPS) is 12.3. The van der Waals surface area contributed by atoms with Crippen LogP contribution in [0.5, 0.6) is 0 Å². The average Bonchev–Trinajstić information content (AvgIpc) is 2.44. The van der Waals surface area contributed by atoms with Crippen LogP contribution in [0.4, 0.5) is 0 Å². The molecular weight excluding hydrogens is 230 g/mol. The van der Waals surface area contributed by atoms with Crippen LogP contribution < -0.4 is 5.32 Å². The summed E-state index contributed by atoms with van der Waals surface area (Å²) in [5.74, 6) is -0.205. The summed E-state index contributed by atoms with van der Waals surface area (Å²) in [6.45, 7) is 1.85. The van der Waals surface area contributed by atoms with E-state index in [1.807, 2.05) is 6.92 Å². The molecule has 0 fully saturated rings. The van der Waals surface area contributed by atoms with E-state index < -0.39 is 0 Å². The molecule has 5 heteroatoms. The van der Waals surface area contributed by atoms with Crippen LogP contribution in [0.2, 0.25) is 0 Å². The Morgan fingerprint density at radius 3 is 2.72 bits per heavy atom. The summed E-state index contributed by atoms with van der Waals surface area (Å²) in [4.78, 5) is 20.2. The standard InChI is InChI=1S/C13H15N3O2/c1-2-10(8-17)16-13(18)9-3-4-11-12(7-9)15-6-5-14-11/h3-7,10,17H,2,8H2,1H3,(H,16,18)/t10-/m1/s1. The number of benzene rings is 1. The second-order valence-electron chi connectivity index (χ2n) is 4.02. The molecule has 0 saturated heterocycles. The summed E-state index contributed by atoms with van der Waals surface area (Å²) in [6, 6.07) is 4.95. The number of hydrogen-bond donors (Lipinski definition) is 2. The Morgan fingerprint density at radius 2 is 2.06 bits per heavy atom. The predicted octanol–water partition coefficient (Wildman–Crippen LogP) is 1.13. The minimum Gasteiger partial charge on any atom is -0.394 e. The number of nitrogens with one attached hydrogen (secondary N) is 1. The van der Waals surface area contributed by atoms with Gasteiger partial charge in [-0.3, -0.25) is 14.8 Å². The molecule has 1 aromatic carbocycles. The molecule has 0 unspecified atom stereocenters. The molecule has 1 heterocycles. The Labute approximate surface area is 105 Å². The second-order valence-corrected chi connectivity index (χ2v) is 4.02. The number of hydrogen-bond acceptors (Lipinski definition) is 4. The lowest BCUT2D eigenvalue weighted by atomic mass is 10.1. The molecule has 0 aliphatic heterocycles. The number of rotatable bonds is 4. The third kappa shape index (κ3) is 2.62. The number of aromatic nitrogens is 2. The van der Waals surface area contributed by atoms with Crippen LogP contribution in [0.1, 0.15) is 23.7 Å². The van der Waals surface area contributed by atoms with Crippen molar-refractivity contribution in [2.45, 2.75) is 19.4 Å². The molecule has 94 valence electrons. The van der Waals surface area contributed by atoms with Gasteiger partial charge >= 0.3 is 0 Å². The fourth-order valence-electron chi connectivity index (χ4n) is 1.65. The molecule has 1 atom stereocenters. The Morgan fingerprint density at radius 1 is 1.33 bits per heavy atom. The average molecular weight is 245 g/mol. The lowest BCUT2D eigenvalue weighted by Gasteiger charge is -2.13. The van der Waals surface area contributed by atoms with Crippen LogP contribution in [-0.2, 0) is 0 Å². The molecule has 2 aromatic rings. The van der Waals surface area contributed by atoms with Crippen LogP contribution in [-0.4, -0.2) is 33.6 Å². The summed E-state index contributed by atoms with van der Waals surface area (Å²) in [5, 5.41) is 11.8. The van der Waals surface area contributed by atoms with Crippen molar-refractivity contribution in [1.82, 2.24) is 15.3 Å². The van der Waals surface area contributed by atoms with Crippen LogP contribution in [0.3, 0.4) is 0 Å². The SMILES string of the molecule is CC[C@H](CO)NC(=O)c1ccc2nccnc2c1. The molecule has 2 N–H and O–H groups in total. The maximum absolute atomic E-state index is 11.9. The zero-order valence-electron chi connectivity index (χ0n) is 10.1. The Bertz CT molecular complexity index is 553.